The van der Waals surface area contributed by atoms with E-state index >= 15 is 0 Å². The van der Waals surface area contributed by atoms with E-state index in [2.05, 4.69) is 9.15 Å². The van der Waals surface area contributed by atoms with E-state index in [0.717, 1.165) is 6.07 Å². The smallest absolute Gasteiger partial charge is 0.374 e. The van der Waals surface area contributed by atoms with Gasteiger partial charge in [0, 0.05) is 0 Å². The SMILES string of the molecule is CCOC(=O)c1cc([N+](=O)[O-])c(N)o1. The summed E-state index contributed by atoms with van der Waals surface area (Å²) in [6, 6.07) is 0.938. The number of anilines is 1. The first-order valence-electron chi connectivity index (χ1n) is 3.77. The van der Waals surface area contributed by atoms with Gasteiger partial charge in [0.25, 0.3) is 5.88 Å². The zero-order valence-electron chi connectivity index (χ0n) is 7.35. The van der Waals surface area contributed by atoms with Crippen LogP contribution >= 0.6 is 0 Å². The molecule has 2 N–H and O–H groups in total. The molecule has 0 aliphatic carbocycles. The Hall–Kier alpha value is -2.05. The lowest BCUT2D eigenvalue weighted by atomic mass is 10.4. The van der Waals surface area contributed by atoms with E-state index < -0.39 is 22.5 Å². The van der Waals surface area contributed by atoms with Crippen molar-refractivity contribution in [2.45, 2.75) is 6.92 Å². The summed E-state index contributed by atoms with van der Waals surface area (Å²) in [6.45, 7) is 1.77. The molecule has 0 fully saturated rings. The zero-order chi connectivity index (χ0) is 10.7. The highest BCUT2D eigenvalue weighted by Crippen LogP contribution is 2.25. The summed E-state index contributed by atoms with van der Waals surface area (Å²) in [5.41, 5.74) is 4.72. The second-order valence-corrected chi connectivity index (χ2v) is 2.34. The molecule has 76 valence electrons. The summed E-state index contributed by atoms with van der Waals surface area (Å²) < 4.78 is 9.22. The van der Waals surface area contributed by atoms with Crippen molar-refractivity contribution >= 4 is 17.5 Å². The van der Waals surface area contributed by atoms with Gasteiger partial charge in [-0.3, -0.25) is 10.1 Å². The number of nitro groups is 1. The van der Waals surface area contributed by atoms with Crippen molar-refractivity contribution in [3.05, 3.63) is 21.9 Å². The molecule has 7 heteroatoms. The second-order valence-electron chi connectivity index (χ2n) is 2.34. The number of rotatable bonds is 3. The number of furan rings is 1. The largest absolute Gasteiger partial charge is 0.460 e. The average Bonchev–Trinajstić information content (AvgIpc) is 2.48. The van der Waals surface area contributed by atoms with Crippen LogP contribution in [-0.2, 0) is 4.74 Å². The predicted molar refractivity (Wildman–Crippen MR) is 45.7 cm³/mol. The van der Waals surface area contributed by atoms with Crippen molar-refractivity contribution in [3.8, 4) is 0 Å². The molecule has 1 aromatic rings. The number of hydrogen-bond acceptors (Lipinski definition) is 6. The molecule has 0 saturated heterocycles. The number of nitrogens with zero attached hydrogens (tertiary/aromatic N) is 1. The maximum atomic E-state index is 11.0. The molecule has 0 aliphatic heterocycles. The van der Waals surface area contributed by atoms with Crippen LogP contribution in [-0.4, -0.2) is 17.5 Å². The highest BCUT2D eigenvalue weighted by molar-refractivity contribution is 5.88. The van der Waals surface area contributed by atoms with E-state index in [1.165, 1.54) is 0 Å². The van der Waals surface area contributed by atoms with Gasteiger partial charge in [-0.2, -0.15) is 0 Å². The third-order valence-electron chi connectivity index (χ3n) is 1.41. The third kappa shape index (κ3) is 1.82. The fourth-order valence-electron chi connectivity index (χ4n) is 0.841. The van der Waals surface area contributed by atoms with E-state index in [1.54, 1.807) is 6.92 Å². The van der Waals surface area contributed by atoms with E-state index in [9.17, 15) is 14.9 Å². The Balaban J connectivity index is 2.96. The quantitative estimate of drug-likeness (QED) is 0.442. The van der Waals surface area contributed by atoms with Crippen molar-refractivity contribution in [1.82, 2.24) is 0 Å². The van der Waals surface area contributed by atoms with E-state index in [0.29, 0.717) is 0 Å². The molecule has 0 spiro atoms. The molecule has 14 heavy (non-hydrogen) atoms. The first-order chi connectivity index (χ1) is 6.56. The summed E-state index contributed by atoms with van der Waals surface area (Å²) in [4.78, 5) is 20.6. The molecular formula is C7H8N2O5. The molecular weight excluding hydrogens is 192 g/mol. The van der Waals surface area contributed by atoms with Crippen molar-refractivity contribution in [2.75, 3.05) is 12.3 Å². The Morgan fingerprint density at radius 3 is 2.86 bits per heavy atom. The molecule has 0 radical (unpaired) electrons. The molecule has 1 heterocycles. The number of esters is 1. The van der Waals surface area contributed by atoms with Crippen molar-refractivity contribution in [1.29, 1.82) is 0 Å². The standard InChI is InChI=1S/C7H8N2O5/c1-2-13-7(10)5-3-4(9(11)12)6(8)14-5/h3H,2,8H2,1H3. The monoisotopic (exact) mass is 200 g/mol. The lowest BCUT2D eigenvalue weighted by Crippen LogP contribution is -2.02. The van der Waals surface area contributed by atoms with Crippen LogP contribution in [0.5, 0.6) is 0 Å². The number of carbonyl (C=O) groups is 1. The Kier molecular flexibility index (Phi) is 2.70. The molecule has 0 saturated carbocycles. The Labute approximate surface area is 78.6 Å². The molecule has 0 unspecified atom stereocenters. The molecule has 0 bridgehead atoms. The van der Waals surface area contributed by atoms with Gasteiger partial charge in [0.05, 0.1) is 17.6 Å². The minimum Gasteiger partial charge on any atom is -0.460 e. The van der Waals surface area contributed by atoms with Crippen LogP contribution in [0.4, 0.5) is 11.6 Å². The fraction of sp³-hybridized carbons (Fsp3) is 0.286. The topological polar surface area (TPSA) is 109 Å². The fourth-order valence-corrected chi connectivity index (χ4v) is 0.841. The van der Waals surface area contributed by atoms with Crippen LogP contribution in [0.15, 0.2) is 10.5 Å². The molecule has 1 rings (SSSR count). The van der Waals surface area contributed by atoms with E-state index in [-0.39, 0.29) is 12.4 Å². The van der Waals surface area contributed by atoms with Crippen LogP contribution in [0.2, 0.25) is 0 Å². The normalized spacial score (nSPS) is 9.79. The van der Waals surface area contributed by atoms with Gasteiger partial charge in [0.2, 0.25) is 5.76 Å². The second kappa shape index (κ2) is 3.77. The summed E-state index contributed by atoms with van der Waals surface area (Å²) in [7, 11) is 0. The first-order valence-corrected chi connectivity index (χ1v) is 3.77. The zero-order valence-corrected chi connectivity index (χ0v) is 7.35. The molecule has 7 nitrogen and oxygen atoms in total. The maximum Gasteiger partial charge on any atom is 0.374 e. The minimum absolute atomic E-state index is 0.160. The molecule has 0 aliphatic rings. The highest BCUT2D eigenvalue weighted by atomic mass is 16.6. The van der Waals surface area contributed by atoms with Gasteiger partial charge >= 0.3 is 11.7 Å². The Morgan fingerprint density at radius 1 is 1.79 bits per heavy atom. The predicted octanol–water partition coefficient (Wildman–Crippen LogP) is 0.947. The van der Waals surface area contributed by atoms with Crippen molar-refractivity contribution in [2.24, 2.45) is 0 Å². The molecule has 1 aromatic heterocycles. The number of hydrogen-bond donors (Lipinski definition) is 1. The van der Waals surface area contributed by atoms with Gasteiger partial charge in [-0.05, 0) is 6.92 Å². The summed E-state index contributed by atoms with van der Waals surface area (Å²) in [5, 5.41) is 10.3. The van der Waals surface area contributed by atoms with Gasteiger partial charge in [-0.15, -0.1) is 0 Å². The number of ether oxygens (including phenoxy) is 1. The van der Waals surface area contributed by atoms with Crippen LogP contribution in [0, 0.1) is 10.1 Å². The van der Waals surface area contributed by atoms with Crippen LogP contribution in [0.25, 0.3) is 0 Å². The van der Waals surface area contributed by atoms with Gasteiger partial charge in [0.1, 0.15) is 0 Å². The summed E-state index contributed by atoms with van der Waals surface area (Å²) >= 11 is 0. The maximum absolute atomic E-state index is 11.0. The summed E-state index contributed by atoms with van der Waals surface area (Å²) in [6.07, 6.45) is 0. The van der Waals surface area contributed by atoms with Gasteiger partial charge in [-0.25, -0.2) is 4.79 Å². The number of carbonyl (C=O) groups excluding carboxylic acids is 1. The third-order valence-corrected chi connectivity index (χ3v) is 1.41. The van der Waals surface area contributed by atoms with E-state index in [1.807, 2.05) is 0 Å². The molecule has 0 atom stereocenters. The van der Waals surface area contributed by atoms with Crippen LogP contribution in [0.3, 0.4) is 0 Å². The minimum atomic E-state index is -0.771. The summed E-state index contributed by atoms with van der Waals surface area (Å²) in [5.74, 6) is -1.44. The number of nitrogens with two attached hydrogens (primary N) is 1. The van der Waals surface area contributed by atoms with Crippen LogP contribution < -0.4 is 5.73 Å². The van der Waals surface area contributed by atoms with Crippen molar-refractivity contribution < 1.29 is 18.9 Å². The lowest BCUT2D eigenvalue weighted by molar-refractivity contribution is -0.384. The molecule has 0 amide bonds. The average molecular weight is 200 g/mol. The van der Waals surface area contributed by atoms with E-state index in [4.69, 9.17) is 5.73 Å². The Morgan fingerprint density at radius 2 is 2.43 bits per heavy atom. The molecule has 0 aromatic carbocycles. The highest BCUT2D eigenvalue weighted by Gasteiger charge is 2.23. The first kappa shape index (κ1) is 10.0. The van der Waals surface area contributed by atoms with Crippen LogP contribution in [0.1, 0.15) is 17.5 Å². The Bertz CT molecular complexity index is 370. The lowest BCUT2D eigenvalue weighted by Gasteiger charge is -1.94. The van der Waals surface area contributed by atoms with Crippen molar-refractivity contribution in [3.63, 3.8) is 0 Å². The van der Waals surface area contributed by atoms with Gasteiger partial charge < -0.3 is 14.9 Å². The number of nitrogen functional groups attached to an aromatic ring is 1. The van der Waals surface area contributed by atoms with Gasteiger partial charge in [-0.1, -0.05) is 0 Å². The van der Waals surface area contributed by atoms with Gasteiger partial charge in [0.15, 0.2) is 0 Å².